The molecule has 0 unspecified atom stereocenters. The topological polar surface area (TPSA) is 138 Å². The first-order chi connectivity index (χ1) is 14.1. The highest BCUT2D eigenvalue weighted by Gasteiger charge is 2.52. The molecule has 0 saturated carbocycles. The van der Waals surface area contributed by atoms with E-state index in [4.69, 9.17) is 23.7 Å². The van der Waals surface area contributed by atoms with Gasteiger partial charge in [0.15, 0.2) is 6.23 Å². The molecule has 1 saturated heterocycles. The number of aliphatic hydroxyl groups is 1. The van der Waals surface area contributed by atoms with E-state index in [1.165, 1.54) is 27.5 Å². The molecule has 0 radical (unpaired) electrons. The Labute approximate surface area is 174 Å². The number of rotatable bonds is 10. The van der Waals surface area contributed by atoms with Gasteiger partial charge < -0.3 is 33.4 Å². The molecule has 1 aromatic heterocycles. The van der Waals surface area contributed by atoms with Gasteiger partial charge in [-0.3, -0.25) is 14.3 Å². The molecule has 6 atom stereocenters. The summed E-state index contributed by atoms with van der Waals surface area (Å²) < 4.78 is 41.5. The molecule has 0 bridgehead atoms. The summed E-state index contributed by atoms with van der Waals surface area (Å²) in [5.41, 5.74) is -0.940. The van der Waals surface area contributed by atoms with Crippen LogP contribution in [0.25, 0.3) is 0 Å². The van der Waals surface area contributed by atoms with Crippen LogP contribution in [0.5, 0.6) is 0 Å². The van der Waals surface area contributed by atoms with E-state index >= 15 is 0 Å². The lowest BCUT2D eigenvalue weighted by molar-refractivity contribution is -0.125. The molecular formula is C18H31N2O9P. The van der Waals surface area contributed by atoms with Crippen LogP contribution in [-0.4, -0.2) is 92.8 Å². The van der Waals surface area contributed by atoms with Crippen LogP contribution in [0, 0.1) is 6.92 Å². The van der Waals surface area contributed by atoms with Gasteiger partial charge in [0, 0.05) is 33.1 Å². The van der Waals surface area contributed by atoms with Crippen LogP contribution in [0.1, 0.15) is 11.8 Å². The Morgan fingerprint density at radius 2 is 1.90 bits per heavy atom. The Morgan fingerprint density at radius 1 is 1.23 bits per heavy atom. The number of aliphatic hydroxyl groups excluding tert-OH is 1. The van der Waals surface area contributed by atoms with Crippen LogP contribution >= 0.6 is 7.14 Å². The molecule has 0 amide bonds. The third-order valence-electron chi connectivity index (χ3n) is 5.00. The van der Waals surface area contributed by atoms with Crippen LogP contribution in [-0.2, 0) is 28.2 Å². The first-order valence-electron chi connectivity index (χ1n) is 9.43. The van der Waals surface area contributed by atoms with E-state index in [0.29, 0.717) is 0 Å². The van der Waals surface area contributed by atoms with E-state index in [0.717, 1.165) is 4.57 Å². The molecule has 11 nitrogen and oxygen atoms in total. The quantitative estimate of drug-likeness (QED) is 0.365. The molecule has 0 spiro atoms. The second-order valence-electron chi connectivity index (χ2n) is 7.55. The molecule has 12 heteroatoms. The van der Waals surface area contributed by atoms with E-state index in [2.05, 4.69) is 4.98 Å². The van der Waals surface area contributed by atoms with Crippen LogP contribution in [0.3, 0.4) is 0 Å². The predicted molar refractivity (Wildman–Crippen MR) is 109 cm³/mol. The summed E-state index contributed by atoms with van der Waals surface area (Å²) in [6.45, 7) is 5.03. The molecule has 1 fully saturated rings. The highest BCUT2D eigenvalue weighted by atomic mass is 31.2. The van der Waals surface area contributed by atoms with E-state index in [1.807, 2.05) is 0 Å². The van der Waals surface area contributed by atoms with Crippen molar-refractivity contribution >= 4 is 7.14 Å². The standard InChI is InChI=1S/C18H31N2O9P/c1-10-9-20(18(23)19-15(10)22)16-13(28-8-7-25-2)11(21)12(29-16)14(26-3)17(27-4)30(5,6)24/h9,11-14,16-17,21H,7-8H2,1-6H3,(H,19,22,23)/t11-,12+,13-,14-,16-,17-/m1/s1. The third kappa shape index (κ3) is 5.28. The van der Waals surface area contributed by atoms with Crippen molar-refractivity contribution in [3.63, 3.8) is 0 Å². The van der Waals surface area contributed by atoms with Gasteiger partial charge in [0.1, 0.15) is 37.4 Å². The number of methoxy groups -OCH3 is 3. The molecule has 2 rings (SSSR count). The van der Waals surface area contributed by atoms with Crippen molar-refractivity contribution < 1.29 is 33.4 Å². The monoisotopic (exact) mass is 450 g/mol. The number of H-pyrrole nitrogens is 1. The molecule has 172 valence electrons. The smallest absolute Gasteiger partial charge is 0.330 e. The average molecular weight is 450 g/mol. The number of aromatic nitrogens is 2. The zero-order valence-electron chi connectivity index (χ0n) is 18.1. The number of aryl methyl sites for hydroxylation is 1. The Morgan fingerprint density at radius 3 is 2.43 bits per heavy atom. The van der Waals surface area contributed by atoms with Crippen LogP contribution in [0.2, 0.25) is 0 Å². The molecular weight excluding hydrogens is 419 g/mol. The summed E-state index contributed by atoms with van der Waals surface area (Å²) in [4.78, 5) is 26.4. The third-order valence-corrected chi connectivity index (χ3v) is 6.73. The van der Waals surface area contributed by atoms with Gasteiger partial charge in [-0.25, -0.2) is 4.79 Å². The van der Waals surface area contributed by atoms with Gasteiger partial charge in [-0.2, -0.15) is 0 Å². The molecule has 2 N–H and O–H groups in total. The largest absolute Gasteiger partial charge is 0.387 e. The lowest BCUT2D eigenvalue weighted by Gasteiger charge is -2.32. The van der Waals surface area contributed by atoms with Crippen LogP contribution < -0.4 is 11.2 Å². The first-order valence-corrected chi connectivity index (χ1v) is 12.1. The molecule has 0 aromatic carbocycles. The maximum atomic E-state index is 12.7. The first kappa shape index (κ1) is 24.9. The molecule has 2 heterocycles. The minimum Gasteiger partial charge on any atom is -0.387 e. The fourth-order valence-corrected chi connectivity index (χ4v) is 5.06. The lowest BCUT2D eigenvalue weighted by atomic mass is 10.1. The van der Waals surface area contributed by atoms with Crippen molar-refractivity contribution in [1.82, 2.24) is 9.55 Å². The van der Waals surface area contributed by atoms with Crippen molar-refractivity contribution in [2.45, 2.75) is 43.4 Å². The van der Waals surface area contributed by atoms with E-state index < -0.39 is 54.9 Å². The van der Waals surface area contributed by atoms with Gasteiger partial charge >= 0.3 is 5.69 Å². The molecule has 1 aliphatic heterocycles. The summed E-state index contributed by atoms with van der Waals surface area (Å²) >= 11 is 0. The minimum absolute atomic E-state index is 0.132. The summed E-state index contributed by atoms with van der Waals surface area (Å²) in [6, 6.07) is 0. The Hall–Kier alpha value is -1.33. The zero-order valence-corrected chi connectivity index (χ0v) is 19.0. The van der Waals surface area contributed by atoms with Gasteiger partial charge in [0.25, 0.3) is 5.56 Å². The SMILES string of the molecule is COCCO[C@@H]1[C@H](O)[C@@H]([C@@H](OC)[C@H](OC)P(C)(C)=O)O[C@H]1n1cc(C)c(=O)[nH]c1=O. The summed E-state index contributed by atoms with van der Waals surface area (Å²) in [5, 5.41) is 11.0. The van der Waals surface area contributed by atoms with Gasteiger partial charge in [0.2, 0.25) is 0 Å². The Kier molecular flexibility index (Phi) is 8.58. The Bertz CT molecular complexity index is 864. The Balaban J connectivity index is 2.46. The average Bonchev–Trinajstić information content (AvgIpc) is 2.98. The second kappa shape index (κ2) is 10.3. The van der Waals surface area contributed by atoms with E-state index in [9.17, 15) is 19.3 Å². The number of nitrogens with one attached hydrogen (secondary N) is 1. The van der Waals surface area contributed by atoms with E-state index in [1.54, 1.807) is 20.3 Å². The van der Waals surface area contributed by atoms with Gasteiger partial charge in [-0.05, 0) is 20.3 Å². The number of hydrogen-bond acceptors (Lipinski definition) is 9. The maximum absolute atomic E-state index is 12.7. The lowest BCUT2D eigenvalue weighted by Crippen LogP contribution is -2.47. The fraction of sp³-hybridized carbons (Fsp3) is 0.778. The number of hydrogen-bond donors (Lipinski definition) is 2. The molecule has 1 aromatic rings. The second-order valence-corrected chi connectivity index (χ2v) is 10.9. The normalized spacial score (nSPS) is 26.6. The van der Waals surface area contributed by atoms with Crippen molar-refractivity contribution in [2.24, 2.45) is 0 Å². The number of nitrogens with zero attached hydrogens (tertiary/aromatic N) is 1. The van der Waals surface area contributed by atoms with Crippen molar-refractivity contribution in [3.05, 3.63) is 32.6 Å². The predicted octanol–water partition coefficient (Wildman–Crippen LogP) is -0.255. The van der Waals surface area contributed by atoms with Gasteiger partial charge in [0.05, 0.1) is 13.2 Å². The minimum atomic E-state index is -2.80. The van der Waals surface area contributed by atoms with Gasteiger partial charge in [-0.15, -0.1) is 0 Å². The molecule has 30 heavy (non-hydrogen) atoms. The summed E-state index contributed by atoms with van der Waals surface area (Å²) in [6.07, 6.45) is -3.84. The summed E-state index contributed by atoms with van der Waals surface area (Å²) in [5.74, 6) is -0.852. The van der Waals surface area contributed by atoms with Crippen molar-refractivity contribution in [2.75, 3.05) is 47.9 Å². The highest BCUT2D eigenvalue weighted by molar-refractivity contribution is 7.62. The fourth-order valence-electron chi connectivity index (χ4n) is 3.55. The summed E-state index contributed by atoms with van der Waals surface area (Å²) in [7, 11) is 1.50. The number of aromatic amines is 1. The van der Waals surface area contributed by atoms with Crippen LogP contribution in [0.15, 0.2) is 15.8 Å². The molecule has 1 aliphatic rings. The van der Waals surface area contributed by atoms with Crippen molar-refractivity contribution in [1.29, 1.82) is 0 Å². The maximum Gasteiger partial charge on any atom is 0.330 e. The zero-order chi connectivity index (χ0) is 22.6. The van der Waals surface area contributed by atoms with E-state index in [-0.39, 0.29) is 18.8 Å². The number of ether oxygens (including phenoxy) is 5. The molecule has 0 aliphatic carbocycles. The van der Waals surface area contributed by atoms with Crippen molar-refractivity contribution in [3.8, 4) is 0 Å². The van der Waals surface area contributed by atoms with Gasteiger partial charge in [-0.1, -0.05) is 0 Å². The van der Waals surface area contributed by atoms with Crippen LogP contribution in [0.4, 0.5) is 0 Å². The highest BCUT2D eigenvalue weighted by Crippen LogP contribution is 2.48.